The summed E-state index contributed by atoms with van der Waals surface area (Å²) in [6.45, 7) is 12.9. The van der Waals surface area contributed by atoms with Crippen LogP contribution in [0.3, 0.4) is 0 Å². The Balaban J connectivity index is -0.000000245. The van der Waals surface area contributed by atoms with Crippen molar-refractivity contribution in [1.82, 2.24) is 0 Å². The van der Waals surface area contributed by atoms with Crippen LogP contribution in [0.5, 0.6) is 0 Å². The molecule has 0 spiro atoms. The summed E-state index contributed by atoms with van der Waals surface area (Å²) in [6, 6.07) is 0. The van der Waals surface area contributed by atoms with Crippen LogP contribution < -0.4 is 17.0 Å². The molecule has 0 unspecified atom stereocenters. The largest absolute Gasteiger partial charge is 2.00 e. The molecule has 0 aliphatic rings. The summed E-state index contributed by atoms with van der Waals surface area (Å²) in [6.07, 6.45) is 2.12. The van der Waals surface area contributed by atoms with Crippen molar-refractivity contribution in [3.05, 3.63) is 18.2 Å². The SMILES string of the molecule is [Br-].[CH2-]/C(=C/C)[Si](C)(C)C.[Mg+2]. The molecule has 0 saturated heterocycles. The first-order valence-corrected chi connectivity index (χ1v) is 6.47. The Hall–Kier alpha value is 1.07. The van der Waals surface area contributed by atoms with Gasteiger partial charge in [0.2, 0.25) is 0 Å². The second-order valence-corrected chi connectivity index (χ2v) is 8.21. The van der Waals surface area contributed by atoms with Crippen LogP contribution in [0.1, 0.15) is 6.92 Å². The second-order valence-electron chi connectivity index (χ2n) is 3.06. The van der Waals surface area contributed by atoms with Gasteiger partial charge in [0, 0.05) is 8.07 Å². The number of halogens is 1. The molecule has 0 atom stereocenters. The Morgan fingerprint density at radius 2 is 1.60 bits per heavy atom. The van der Waals surface area contributed by atoms with Crippen molar-refractivity contribution in [2.45, 2.75) is 26.6 Å². The van der Waals surface area contributed by atoms with Crippen LogP contribution in [0, 0.1) is 6.92 Å². The molecule has 0 rings (SSSR count). The fourth-order valence-electron chi connectivity index (χ4n) is 0.433. The van der Waals surface area contributed by atoms with Gasteiger partial charge in [-0.1, -0.05) is 19.6 Å². The molecule has 56 valence electrons. The molecular formula is C7H15BrMgSi. The minimum Gasteiger partial charge on any atom is -1.00 e. The molecule has 0 aliphatic carbocycles. The third kappa shape index (κ3) is 7.18. The molecule has 0 heterocycles. The van der Waals surface area contributed by atoms with Crippen molar-refractivity contribution >= 4 is 31.1 Å². The fourth-order valence-corrected chi connectivity index (χ4v) is 1.30. The predicted octanol–water partition coefficient (Wildman–Crippen LogP) is -0.733. The van der Waals surface area contributed by atoms with Gasteiger partial charge in [-0.3, -0.25) is 0 Å². The molecule has 0 aromatic carbocycles. The van der Waals surface area contributed by atoms with E-state index in [1.807, 2.05) is 0 Å². The molecule has 0 aromatic heterocycles. The molecule has 0 radical (unpaired) electrons. The van der Waals surface area contributed by atoms with Crippen LogP contribution >= 0.6 is 0 Å². The number of allylic oxidation sites excluding steroid dienone is 2. The monoisotopic (exact) mass is 230 g/mol. The summed E-state index contributed by atoms with van der Waals surface area (Å²) in [5, 5.41) is 1.34. The Kier molecular flexibility index (Phi) is 11.7. The topological polar surface area (TPSA) is 0 Å². The molecule has 0 aliphatic heterocycles. The van der Waals surface area contributed by atoms with Crippen LogP contribution in [0.2, 0.25) is 19.6 Å². The molecule has 3 heteroatoms. The van der Waals surface area contributed by atoms with Gasteiger partial charge in [-0.05, 0) is 0 Å². The van der Waals surface area contributed by atoms with E-state index in [0.717, 1.165) is 0 Å². The first-order chi connectivity index (χ1) is 3.48. The molecule has 0 fully saturated rings. The van der Waals surface area contributed by atoms with E-state index in [0.29, 0.717) is 0 Å². The zero-order chi connectivity index (χ0) is 6.78. The van der Waals surface area contributed by atoms with Gasteiger partial charge >= 0.3 is 23.1 Å². The van der Waals surface area contributed by atoms with Gasteiger partial charge in [0.25, 0.3) is 0 Å². The Morgan fingerprint density at radius 3 is 1.60 bits per heavy atom. The summed E-state index contributed by atoms with van der Waals surface area (Å²) in [5.74, 6) is 0. The average Bonchev–Trinajstić information content (AvgIpc) is 1.62. The van der Waals surface area contributed by atoms with Gasteiger partial charge < -0.3 is 17.0 Å². The van der Waals surface area contributed by atoms with Crippen LogP contribution in [-0.4, -0.2) is 31.1 Å². The number of hydrogen-bond donors (Lipinski definition) is 0. The van der Waals surface area contributed by atoms with Crippen molar-refractivity contribution in [3.63, 3.8) is 0 Å². The van der Waals surface area contributed by atoms with Crippen LogP contribution in [0.25, 0.3) is 0 Å². The van der Waals surface area contributed by atoms with E-state index in [1.165, 1.54) is 5.20 Å². The average molecular weight is 231 g/mol. The first-order valence-electron chi connectivity index (χ1n) is 2.97. The van der Waals surface area contributed by atoms with Crippen molar-refractivity contribution in [2.75, 3.05) is 0 Å². The maximum absolute atomic E-state index is 3.95. The smallest absolute Gasteiger partial charge is 1.00 e. The molecule has 0 saturated carbocycles. The summed E-state index contributed by atoms with van der Waals surface area (Å²) < 4.78 is 0. The first kappa shape index (κ1) is 17.2. The third-order valence-electron chi connectivity index (χ3n) is 1.31. The van der Waals surface area contributed by atoms with E-state index in [4.69, 9.17) is 0 Å². The van der Waals surface area contributed by atoms with E-state index >= 15 is 0 Å². The Bertz CT molecular complexity index is 105. The second kappa shape index (κ2) is 6.76. The summed E-state index contributed by atoms with van der Waals surface area (Å²) in [4.78, 5) is 0. The van der Waals surface area contributed by atoms with E-state index in [2.05, 4.69) is 39.6 Å². The van der Waals surface area contributed by atoms with Crippen LogP contribution in [0.15, 0.2) is 11.3 Å². The van der Waals surface area contributed by atoms with Crippen LogP contribution in [0.4, 0.5) is 0 Å². The molecular weight excluding hydrogens is 216 g/mol. The normalized spacial score (nSPS) is 11.4. The van der Waals surface area contributed by atoms with Gasteiger partial charge in [0.05, 0.1) is 0 Å². The maximum Gasteiger partial charge on any atom is 2.00 e. The third-order valence-corrected chi connectivity index (χ3v) is 3.53. The van der Waals surface area contributed by atoms with Gasteiger partial charge in [-0.15, -0.1) is 6.92 Å². The van der Waals surface area contributed by atoms with Gasteiger partial charge in [-0.25, -0.2) is 18.2 Å². The summed E-state index contributed by atoms with van der Waals surface area (Å²) >= 11 is 0. The summed E-state index contributed by atoms with van der Waals surface area (Å²) in [5.41, 5.74) is 0. The van der Waals surface area contributed by atoms with Crippen molar-refractivity contribution < 1.29 is 17.0 Å². The minimum absolute atomic E-state index is 0. The zero-order valence-electron chi connectivity index (χ0n) is 7.37. The van der Waals surface area contributed by atoms with Gasteiger partial charge in [0.15, 0.2) is 0 Å². The van der Waals surface area contributed by atoms with Crippen molar-refractivity contribution in [1.29, 1.82) is 0 Å². The molecule has 0 N–H and O–H groups in total. The quantitative estimate of drug-likeness (QED) is 0.412. The van der Waals surface area contributed by atoms with Gasteiger partial charge in [0.1, 0.15) is 0 Å². The molecule has 0 amide bonds. The fraction of sp³-hybridized carbons (Fsp3) is 0.571. The Labute approximate surface area is 92.4 Å². The zero-order valence-corrected chi connectivity index (χ0v) is 11.4. The van der Waals surface area contributed by atoms with Crippen molar-refractivity contribution in [3.8, 4) is 0 Å². The van der Waals surface area contributed by atoms with E-state index < -0.39 is 8.07 Å². The van der Waals surface area contributed by atoms with E-state index in [1.54, 1.807) is 0 Å². The Morgan fingerprint density at radius 1 is 1.30 bits per heavy atom. The van der Waals surface area contributed by atoms with Crippen LogP contribution in [-0.2, 0) is 0 Å². The summed E-state index contributed by atoms with van der Waals surface area (Å²) in [7, 11) is -1.01. The number of hydrogen-bond acceptors (Lipinski definition) is 0. The van der Waals surface area contributed by atoms with Crippen molar-refractivity contribution in [2.24, 2.45) is 0 Å². The maximum atomic E-state index is 3.95. The standard InChI is InChI=1S/C7H15Si.BrH.Mg/c1-6-7(2)8(3,4)5;;/h6H,2H2,1,3-5H3;1H;/q-1;;+2/p-1/b7-6-;;. The minimum atomic E-state index is -1.01. The van der Waals surface area contributed by atoms with E-state index in [-0.39, 0.29) is 40.0 Å². The molecule has 0 nitrogen and oxygen atoms in total. The predicted molar refractivity (Wildman–Crippen MR) is 48.2 cm³/mol. The van der Waals surface area contributed by atoms with Gasteiger partial charge in [-0.2, -0.15) is 0 Å². The molecule has 0 aromatic rings. The van der Waals surface area contributed by atoms with E-state index in [9.17, 15) is 0 Å². The molecule has 10 heavy (non-hydrogen) atoms. The number of rotatable bonds is 1. The molecule has 0 bridgehead atoms.